The lowest BCUT2D eigenvalue weighted by Crippen LogP contribution is -2.15. The molecule has 1 unspecified atom stereocenters. The van der Waals surface area contributed by atoms with Crippen LogP contribution in [0.15, 0.2) is 0 Å². The second kappa shape index (κ2) is 12.0. The summed E-state index contributed by atoms with van der Waals surface area (Å²) in [5, 5.41) is 8.53. The predicted molar refractivity (Wildman–Crippen MR) is 80.9 cm³/mol. The van der Waals surface area contributed by atoms with Gasteiger partial charge in [-0.25, -0.2) is 0 Å². The lowest BCUT2D eigenvalue weighted by Gasteiger charge is -2.23. The van der Waals surface area contributed by atoms with Gasteiger partial charge in [0, 0.05) is 6.61 Å². The molecule has 0 aromatic carbocycles. The van der Waals surface area contributed by atoms with Crippen LogP contribution in [0.1, 0.15) is 74.1 Å². The van der Waals surface area contributed by atoms with Crippen molar-refractivity contribution in [1.82, 2.24) is 0 Å². The van der Waals surface area contributed by atoms with Crippen LogP contribution in [0.25, 0.3) is 0 Å². The predicted octanol–water partition coefficient (Wildman–Crippen LogP) is 4.65. The summed E-state index contributed by atoms with van der Waals surface area (Å²) in [6.45, 7) is 16.3. The SMILES string of the molecule is CCC(CC)CC(C)(C)C.CCOC(CC)CO. The van der Waals surface area contributed by atoms with E-state index < -0.39 is 0 Å². The molecule has 112 valence electrons. The molecule has 0 radical (unpaired) electrons. The highest BCUT2D eigenvalue weighted by atomic mass is 16.5. The van der Waals surface area contributed by atoms with Crippen LogP contribution >= 0.6 is 0 Å². The van der Waals surface area contributed by atoms with Gasteiger partial charge in [-0.05, 0) is 31.1 Å². The molecule has 0 aromatic heterocycles. The third-order valence-corrected chi connectivity index (χ3v) is 3.12. The van der Waals surface area contributed by atoms with E-state index in [-0.39, 0.29) is 12.7 Å². The minimum Gasteiger partial charge on any atom is -0.394 e. The minimum atomic E-state index is 0.0556. The van der Waals surface area contributed by atoms with E-state index in [1.165, 1.54) is 19.3 Å². The first-order chi connectivity index (χ1) is 8.34. The van der Waals surface area contributed by atoms with Gasteiger partial charge in [0.25, 0.3) is 0 Å². The summed E-state index contributed by atoms with van der Waals surface area (Å²) in [6, 6.07) is 0. The van der Waals surface area contributed by atoms with Gasteiger partial charge in [-0.2, -0.15) is 0 Å². The Bertz CT molecular complexity index is 153. The lowest BCUT2D eigenvalue weighted by atomic mass is 9.82. The maximum Gasteiger partial charge on any atom is 0.0803 e. The van der Waals surface area contributed by atoms with Gasteiger partial charge in [-0.15, -0.1) is 0 Å². The van der Waals surface area contributed by atoms with Gasteiger partial charge in [0.1, 0.15) is 0 Å². The standard InChI is InChI=1S/C10H22.C6H14O2/c1-6-9(7-2)8-10(3,4)5;1-3-6(5-7)8-4-2/h9H,6-8H2,1-5H3;6-7H,3-5H2,1-2H3. The molecule has 1 atom stereocenters. The Morgan fingerprint density at radius 3 is 1.56 bits per heavy atom. The Morgan fingerprint density at radius 1 is 0.944 bits per heavy atom. The fraction of sp³-hybridized carbons (Fsp3) is 1.00. The van der Waals surface area contributed by atoms with Gasteiger partial charge in [0.15, 0.2) is 0 Å². The third-order valence-electron chi connectivity index (χ3n) is 3.12. The molecule has 0 bridgehead atoms. The fourth-order valence-electron chi connectivity index (χ4n) is 1.98. The summed E-state index contributed by atoms with van der Waals surface area (Å²) >= 11 is 0. The van der Waals surface area contributed by atoms with E-state index in [1.54, 1.807) is 0 Å². The van der Waals surface area contributed by atoms with Gasteiger partial charge in [0.05, 0.1) is 12.7 Å². The molecule has 0 rings (SSSR count). The van der Waals surface area contributed by atoms with Gasteiger partial charge >= 0.3 is 0 Å². The molecule has 0 saturated carbocycles. The van der Waals surface area contributed by atoms with E-state index in [0.29, 0.717) is 12.0 Å². The first kappa shape index (κ1) is 20.2. The molecule has 0 aliphatic heterocycles. The van der Waals surface area contributed by atoms with E-state index in [0.717, 1.165) is 12.3 Å². The molecule has 0 spiro atoms. The van der Waals surface area contributed by atoms with E-state index in [4.69, 9.17) is 9.84 Å². The van der Waals surface area contributed by atoms with Crippen LogP contribution in [0, 0.1) is 11.3 Å². The molecule has 0 aliphatic rings. The average Bonchev–Trinajstić information content (AvgIpc) is 2.32. The van der Waals surface area contributed by atoms with Crippen molar-refractivity contribution < 1.29 is 9.84 Å². The van der Waals surface area contributed by atoms with Crippen molar-refractivity contribution in [3.8, 4) is 0 Å². The fourth-order valence-corrected chi connectivity index (χ4v) is 1.98. The van der Waals surface area contributed by atoms with E-state index in [9.17, 15) is 0 Å². The number of ether oxygens (including phenoxy) is 1. The number of hydrogen-bond acceptors (Lipinski definition) is 2. The van der Waals surface area contributed by atoms with Crippen LogP contribution in [-0.4, -0.2) is 24.4 Å². The summed E-state index contributed by atoms with van der Waals surface area (Å²) in [5.41, 5.74) is 0.524. The number of aliphatic hydroxyl groups excluding tert-OH is 1. The molecular weight excluding hydrogens is 224 g/mol. The second-order valence-electron chi connectivity index (χ2n) is 6.12. The molecule has 18 heavy (non-hydrogen) atoms. The zero-order chi connectivity index (χ0) is 14.6. The first-order valence-corrected chi connectivity index (χ1v) is 7.56. The van der Waals surface area contributed by atoms with E-state index in [2.05, 4.69) is 34.6 Å². The van der Waals surface area contributed by atoms with Crippen molar-refractivity contribution >= 4 is 0 Å². The molecule has 0 amide bonds. The quantitative estimate of drug-likeness (QED) is 0.722. The second-order valence-corrected chi connectivity index (χ2v) is 6.12. The molecule has 2 nitrogen and oxygen atoms in total. The third kappa shape index (κ3) is 14.0. The largest absolute Gasteiger partial charge is 0.394 e. The van der Waals surface area contributed by atoms with Crippen molar-refractivity contribution in [3.05, 3.63) is 0 Å². The normalized spacial score (nSPS) is 13.2. The summed E-state index contributed by atoms with van der Waals surface area (Å²) < 4.78 is 5.09. The molecule has 0 aromatic rings. The lowest BCUT2D eigenvalue weighted by molar-refractivity contribution is 0.0181. The van der Waals surface area contributed by atoms with Crippen LogP contribution in [0.3, 0.4) is 0 Å². The summed E-state index contributed by atoms with van der Waals surface area (Å²) in [7, 11) is 0. The highest BCUT2D eigenvalue weighted by Crippen LogP contribution is 2.27. The maximum atomic E-state index is 8.53. The Balaban J connectivity index is 0. The van der Waals surface area contributed by atoms with Crippen molar-refractivity contribution in [2.75, 3.05) is 13.2 Å². The van der Waals surface area contributed by atoms with Crippen LogP contribution in [0.2, 0.25) is 0 Å². The highest BCUT2D eigenvalue weighted by molar-refractivity contribution is 4.66. The molecule has 2 heteroatoms. The first-order valence-electron chi connectivity index (χ1n) is 7.56. The Kier molecular flexibility index (Phi) is 13.5. The summed E-state index contributed by atoms with van der Waals surface area (Å²) in [5.74, 6) is 0.944. The van der Waals surface area contributed by atoms with Crippen LogP contribution in [0.4, 0.5) is 0 Å². The van der Waals surface area contributed by atoms with E-state index >= 15 is 0 Å². The molecule has 0 aliphatic carbocycles. The Morgan fingerprint density at radius 2 is 1.44 bits per heavy atom. The molecular formula is C16H36O2. The van der Waals surface area contributed by atoms with Gasteiger partial charge in [0.2, 0.25) is 0 Å². The van der Waals surface area contributed by atoms with Crippen LogP contribution in [-0.2, 0) is 4.74 Å². The summed E-state index contributed by atoms with van der Waals surface area (Å²) in [6.07, 6.45) is 5.01. The molecule has 0 heterocycles. The van der Waals surface area contributed by atoms with Gasteiger partial charge in [-0.1, -0.05) is 54.4 Å². The maximum absolute atomic E-state index is 8.53. The smallest absolute Gasteiger partial charge is 0.0803 e. The van der Waals surface area contributed by atoms with Crippen molar-refractivity contribution in [3.63, 3.8) is 0 Å². The minimum absolute atomic E-state index is 0.0556. The highest BCUT2D eigenvalue weighted by Gasteiger charge is 2.15. The number of hydrogen-bond donors (Lipinski definition) is 1. The molecule has 1 N–H and O–H groups in total. The zero-order valence-corrected chi connectivity index (χ0v) is 13.8. The zero-order valence-electron chi connectivity index (χ0n) is 13.8. The Labute approximate surface area is 115 Å². The molecule has 0 fully saturated rings. The van der Waals surface area contributed by atoms with Gasteiger partial charge in [-0.3, -0.25) is 0 Å². The van der Waals surface area contributed by atoms with Crippen LogP contribution in [0.5, 0.6) is 0 Å². The molecule has 0 saturated heterocycles. The van der Waals surface area contributed by atoms with E-state index in [1.807, 2.05) is 13.8 Å². The van der Waals surface area contributed by atoms with Crippen molar-refractivity contribution in [2.45, 2.75) is 80.3 Å². The summed E-state index contributed by atoms with van der Waals surface area (Å²) in [4.78, 5) is 0. The van der Waals surface area contributed by atoms with Gasteiger partial charge < -0.3 is 9.84 Å². The van der Waals surface area contributed by atoms with Crippen LogP contribution < -0.4 is 0 Å². The Hall–Kier alpha value is -0.0800. The number of aliphatic hydroxyl groups is 1. The monoisotopic (exact) mass is 260 g/mol. The average molecular weight is 260 g/mol. The van der Waals surface area contributed by atoms with Crippen molar-refractivity contribution in [1.29, 1.82) is 0 Å². The topological polar surface area (TPSA) is 29.5 Å². The number of rotatable bonds is 7. The van der Waals surface area contributed by atoms with Crippen molar-refractivity contribution in [2.24, 2.45) is 11.3 Å².